The maximum atomic E-state index is 11.9. The van der Waals surface area contributed by atoms with Gasteiger partial charge in [-0.25, -0.2) is 19.7 Å². The van der Waals surface area contributed by atoms with Gasteiger partial charge < -0.3 is 29.9 Å². The number of hydrogen-bond acceptors (Lipinski definition) is 9. The zero-order chi connectivity index (χ0) is 25.8. The van der Waals surface area contributed by atoms with Crippen molar-refractivity contribution in [2.45, 2.75) is 26.3 Å². The average Bonchev–Trinajstić information content (AvgIpc) is 2.94. The lowest BCUT2D eigenvalue weighted by atomic mass is 9.98. The molecule has 2 aliphatic rings. The lowest BCUT2D eigenvalue weighted by Crippen LogP contribution is -2.40. The predicted molar refractivity (Wildman–Crippen MR) is 141 cm³/mol. The first-order valence-electron chi connectivity index (χ1n) is 12.6. The van der Waals surface area contributed by atoms with E-state index in [1.54, 1.807) is 13.3 Å². The molecule has 2 aliphatic heterocycles. The highest BCUT2D eigenvalue weighted by atomic mass is 16.5. The Labute approximate surface area is 216 Å². The van der Waals surface area contributed by atoms with Gasteiger partial charge in [0.2, 0.25) is 0 Å². The minimum atomic E-state index is -0.231. The van der Waals surface area contributed by atoms with Gasteiger partial charge in [-0.1, -0.05) is 0 Å². The van der Waals surface area contributed by atoms with E-state index in [0.717, 1.165) is 48.9 Å². The normalized spacial score (nSPS) is 17.2. The summed E-state index contributed by atoms with van der Waals surface area (Å²) in [5.74, 6) is 2.43. The van der Waals surface area contributed by atoms with Crippen molar-refractivity contribution in [3.05, 3.63) is 47.8 Å². The van der Waals surface area contributed by atoms with Gasteiger partial charge in [0.25, 0.3) is 0 Å². The van der Waals surface area contributed by atoms with E-state index in [4.69, 9.17) is 19.4 Å². The Balaban J connectivity index is 1.51. The minimum absolute atomic E-state index is 0.0245. The van der Waals surface area contributed by atoms with Crippen molar-refractivity contribution in [2.24, 2.45) is 0 Å². The molecule has 5 rings (SSSR count). The molecule has 37 heavy (non-hydrogen) atoms. The smallest absolute Gasteiger partial charge is 0.319 e. The quantitative estimate of drug-likeness (QED) is 0.522. The van der Waals surface area contributed by atoms with Crippen LogP contribution in [0.3, 0.4) is 0 Å². The van der Waals surface area contributed by atoms with Crippen LogP contribution in [0, 0.1) is 0 Å². The Bertz CT molecular complexity index is 1250. The Kier molecular flexibility index (Phi) is 7.31. The first kappa shape index (κ1) is 24.7. The van der Waals surface area contributed by atoms with E-state index in [9.17, 15) is 4.79 Å². The standard InChI is InChI=1S/C26H32N8O3/c1-4-27-25(35)29-19-7-5-18(6-8-19)23-31-22-17(2)34(21-9-11-28-26(30-21)36-3)12-10-20(22)24(32-23)33-13-15-37-16-14-33/h5-9,11,17H,4,10,12-16H2,1-3H3,(H2,27,29,35). The number of amides is 2. The summed E-state index contributed by atoms with van der Waals surface area (Å²) in [6.07, 6.45) is 2.51. The molecule has 1 aromatic carbocycles. The molecule has 0 aliphatic carbocycles. The molecule has 0 radical (unpaired) electrons. The van der Waals surface area contributed by atoms with Crippen molar-refractivity contribution in [3.63, 3.8) is 0 Å². The third-order valence-corrected chi connectivity index (χ3v) is 6.63. The Morgan fingerprint density at radius 2 is 1.89 bits per heavy atom. The summed E-state index contributed by atoms with van der Waals surface area (Å²) in [5.41, 5.74) is 3.75. The fraction of sp³-hybridized carbons (Fsp3) is 0.423. The summed E-state index contributed by atoms with van der Waals surface area (Å²) in [5, 5.41) is 5.57. The van der Waals surface area contributed by atoms with Crippen LogP contribution in [-0.2, 0) is 11.2 Å². The molecular weight excluding hydrogens is 472 g/mol. The Hall–Kier alpha value is -3.99. The third kappa shape index (κ3) is 5.26. The number of hydrogen-bond donors (Lipinski definition) is 2. The van der Waals surface area contributed by atoms with Crippen LogP contribution in [-0.4, -0.2) is 72.5 Å². The highest BCUT2D eigenvalue weighted by Gasteiger charge is 2.32. The number of ether oxygens (including phenoxy) is 2. The number of morpholine rings is 1. The second-order valence-electron chi connectivity index (χ2n) is 8.92. The van der Waals surface area contributed by atoms with E-state index >= 15 is 0 Å². The molecule has 11 nitrogen and oxygen atoms in total. The van der Waals surface area contributed by atoms with Crippen LogP contribution in [0.4, 0.5) is 22.1 Å². The van der Waals surface area contributed by atoms with E-state index < -0.39 is 0 Å². The topological polar surface area (TPSA) is 118 Å². The SMILES string of the molecule is CCNC(=O)Nc1ccc(-c2nc3c(c(N4CCOCC4)n2)CCN(c2ccnc(OC)n2)C3C)cc1. The number of aromatic nitrogens is 4. The van der Waals surface area contributed by atoms with Crippen LogP contribution in [0.2, 0.25) is 0 Å². The fourth-order valence-electron chi connectivity index (χ4n) is 4.76. The van der Waals surface area contributed by atoms with Crippen molar-refractivity contribution >= 4 is 23.4 Å². The fourth-order valence-corrected chi connectivity index (χ4v) is 4.76. The van der Waals surface area contributed by atoms with Crippen LogP contribution < -0.4 is 25.2 Å². The molecule has 0 spiro atoms. The van der Waals surface area contributed by atoms with E-state index in [1.807, 2.05) is 37.3 Å². The summed E-state index contributed by atoms with van der Waals surface area (Å²) in [6, 6.07) is 9.59. The van der Waals surface area contributed by atoms with Gasteiger partial charge in [0.1, 0.15) is 11.6 Å². The molecule has 1 unspecified atom stereocenters. The van der Waals surface area contributed by atoms with Gasteiger partial charge in [0.05, 0.1) is 32.1 Å². The minimum Gasteiger partial charge on any atom is -0.467 e. The molecule has 1 saturated heterocycles. The summed E-state index contributed by atoms with van der Waals surface area (Å²) < 4.78 is 10.9. The number of nitrogens with one attached hydrogen (secondary N) is 2. The van der Waals surface area contributed by atoms with Crippen molar-refractivity contribution in [1.82, 2.24) is 25.3 Å². The lowest BCUT2D eigenvalue weighted by molar-refractivity contribution is 0.122. The van der Waals surface area contributed by atoms with Gasteiger partial charge in [-0.2, -0.15) is 4.98 Å². The number of carbonyl (C=O) groups excluding carboxylic acids is 1. The zero-order valence-corrected chi connectivity index (χ0v) is 21.4. The summed E-state index contributed by atoms with van der Waals surface area (Å²) in [4.78, 5) is 35.3. The monoisotopic (exact) mass is 504 g/mol. The highest BCUT2D eigenvalue weighted by Crippen LogP contribution is 2.37. The van der Waals surface area contributed by atoms with Crippen LogP contribution in [0.5, 0.6) is 6.01 Å². The van der Waals surface area contributed by atoms with E-state index in [-0.39, 0.29) is 12.1 Å². The number of rotatable bonds is 6. The van der Waals surface area contributed by atoms with E-state index in [2.05, 4.69) is 37.3 Å². The van der Waals surface area contributed by atoms with E-state index in [1.165, 1.54) is 5.56 Å². The number of benzene rings is 1. The molecule has 2 amide bonds. The average molecular weight is 505 g/mol. The maximum Gasteiger partial charge on any atom is 0.319 e. The number of nitrogens with zero attached hydrogens (tertiary/aromatic N) is 6. The number of carbonyl (C=O) groups is 1. The molecule has 194 valence electrons. The molecule has 0 bridgehead atoms. The molecule has 2 N–H and O–H groups in total. The first-order chi connectivity index (χ1) is 18.1. The van der Waals surface area contributed by atoms with Gasteiger partial charge in [-0.15, -0.1) is 0 Å². The second-order valence-corrected chi connectivity index (χ2v) is 8.92. The lowest BCUT2D eigenvalue weighted by Gasteiger charge is -2.38. The summed E-state index contributed by atoms with van der Waals surface area (Å²) >= 11 is 0. The summed E-state index contributed by atoms with van der Waals surface area (Å²) in [7, 11) is 1.57. The molecule has 2 aromatic heterocycles. The Morgan fingerprint density at radius 3 is 2.62 bits per heavy atom. The number of methoxy groups -OCH3 is 1. The van der Waals surface area contributed by atoms with Crippen molar-refractivity contribution in [1.29, 1.82) is 0 Å². The molecule has 0 saturated carbocycles. The molecule has 3 aromatic rings. The largest absolute Gasteiger partial charge is 0.467 e. The van der Waals surface area contributed by atoms with Gasteiger partial charge in [0, 0.05) is 49.2 Å². The van der Waals surface area contributed by atoms with Crippen molar-refractivity contribution in [3.8, 4) is 17.4 Å². The number of urea groups is 1. The van der Waals surface area contributed by atoms with Crippen molar-refractivity contribution < 1.29 is 14.3 Å². The second kappa shape index (κ2) is 11.0. The molecule has 11 heteroatoms. The molecule has 1 fully saturated rings. The number of anilines is 3. The van der Waals surface area contributed by atoms with Gasteiger partial charge in [-0.3, -0.25) is 0 Å². The third-order valence-electron chi connectivity index (χ3n) is 6.63. The maximum absolute atomic E-state index is 11.9. The molecule has 1 atom stereocenters. The first-order valence-corrected chi connectivity index (χ1v) is 12.6. The van der Waals surface area contributed by atoms with Crippen LogP contribution >= 0.6 is 0 Å². The van der Waals surface area contributed by atoms with Gasteiger partial charge >= 0.3 is 12.0 Å². The van der Waals surface area contributed by atoms with Crippen LogP contribution in [0.15, 0.2) is 36.5 Å². The number of fused-ring (bicyclic) bond motifs is 1. The highest BCUT2D eigenvalue weighted by molar-refractivity contribution is 5.89. The Morgan fingerprint density at radius 1 is 1.11 bits per heavy atom. The van der Waals surface area contributed by atoms with Gasteiger partial charge in [0.15, 0.2) is 5.82 Å². The predicted octanol–water partition coefficient (Wildman–Crippen LogP) is 3.04. The molecular formula is C26H32N8O3. The van der Waals surface area contributed by atoms with Crippen LogP contribution in [0.25, 0.3) is 11.4 Å². The zero-order valence-electron chi connectivity index (χ0n) is 21.4. The van der Waals surface area contributed by atoms with Gasteiger partial charge in [-0.05, 0) is 50.6 Å². The van der Waals surface area contributed by atoms with Crippen molar-refractivity contribution in [2.75, 3.05) is 61.6 Å². The van der Waals surface area contributed by atoms with Crippen LogP contribution in [0.1, 0.15) is 31.1 Å². The summed E-state index contributed by atoms with van der Waals surface area (Å²) in [6.45, 7) is 8.31. The van der Waals surface area contributed by atoms with E-state index in [0.29, 0.717) is 37.3 Å². The molecule has 4 heterocycles.